The Morgan fingerprint density at radius 3 is 2.05 bits per heavy atom. The second kappa shape index (κ2) is 15.4. The van der Waals surface area contributed by atoms with Crippen LogP contribution < -0.4 is 9.62 Å². The number of para-hydroxylation sites is 1. The molecule has 44 heavy (non-hydrogen) atoms. The largest absolute Gasteiger partial charge is 0.352 e. The van der Waals surface area contributed by atoms with Crippen LogP contribution in [0.25, 0.3) is 0 Å². The van der Waals surface area contributed by atoms with Crippen molar-refractivity contribution < 1.29 is 18.0 Å². The van der Waals surface area contributed by atoms with Crippen LogP contribution in [0.4, 0.5) is 5.69 Å². The number of rotatable bonds is 13. The lowest BCUT2D eigenvalue weighted by atomic mass is 10.0. The number of hydrogen-bond donors (Lipinski definition) is 1. The number of carbonyl (C=O) groups is 2. The summed E-state index contributed by atoms with van der Waals surface area (Å²) in [5.74, 6) is -0.864. The Labute approximate surface area is 273 Å². The van der Waals surface area contributed by atoms with E-state index in [2.05, 4.69) is 21.2 Å². The zero-order valence-electron chi connectivity index (χ0n) is 24.6. The van der Waals surface area contributed by atoms with Crippen molar-refractivity contribution in [2.45, 2.75) is 50.2 Å². The third-order valence-corrected chi connectivity index (χ3v) is 9.89. The van der Waals surface area contributed by atoms with Crippen molar-refractivity contribution in [2.75, 3.05) is 10.8 Å². The van der Waals surface area contributed by atoms with Gasteiger partial charge in [-0.3, -0.25) is 13.9 Å². The average molecular weight is 697 g/mol. The molecule has 0 aliphatic rings. The lowest BCUT2D eigenvalue weighted by Gasteiger charge is -2.34. The molecule has 2 amide bonds. The van der Waals surface area contributed by atoms with Crippen LogP contribution in [0.2, 0.25) is 5.02 Å². The summed E-state index contributed by atoms with van der Waals surface area (Å²) in [5, 5.41) is 3.21. The minimum absolute atomic E-state index is 0.0162. The first-order valence-electron chi connectivity index (χ1n) is 14.3. The monoisotopic (exact) mass is 695 g/mol. The normalized spacial score (nSPS) is 12.6. The molecule has 10 heteroatoms. The van der Waals surface area contributed by atoms with Crippen LogP contribution in [0, 0.1) is 0 Å². The third kappa shape index (κ3) is 8.49. The van der Waals surface area contributed by atoms with E-state index in [9.17, 15) is 18.0 Å². The van der Waals surface area contributed by atoms with Gasteiger partial charge in [0.05, 0.1) is 15.6 Å². The Morgan fingerprint density at radius 1 is 0.841 bits per heavy atom. The Hall–Kier alpha value is -3.66. The molecule has 0 aliphatic heterocycles. The smallest absolute Gasteiger partial charge is 0.264 e. The summed E-state index contributed by atoms with van der Waals surface area (Å²) in [6.45, 7) is 3.39. The highest BCUT2D eigenvalue weighted by Crippen LogP contribution is 2.31. The van der Waals surface area contributed by atoms with E-state index in [0.29, 0.717) is 6.42 Å². The van der Waals surface area contributed by atoms with Gasteiger partial charge in [0.1, 0.15) is 12.6 Å². The average Bonchev–Trinajstić information content (AvgIpc) is 3.03. The number of nitrogens with one attached hydrogen (secondary N) is 1. The maximum absolute atomic E-state index is 14.5. The van der Waals surface area contributed by atoms with Crippen molar-refractivity contribution in [3.05, 3.63) is 130 Å². The van der Waals surface area contributed by atoms with Crippen molar-refractivity contribution in [1.82, 2.24) is 10.2 Å². The van der Waals surface area contributed by atoms with Gasteiger partial charge < -0.3 is 10.2 Å². The number of amides is 2. The van der Waals surface area contributed by atoms with Crippen LogP contribution in [0.15, 0.2) is 119 Å². The predicted octanol–water partition coefficient (Wildman–Crippen LogP) is 6.85. The fraction of sp³-hybridized carbons (Fsp3) is 0.235. The summed E-state index contributed by atoms with van der Waals surface area (Å²) in [6.07, 6.45) is 0.947. The highest BCUT2D eigenvalue weighted by molar-refractivity contribution is 9.10. The van der Waals surface area contributed by atoms with Gasteiger partial charge in [-0.05, 0) is 60.9 Å². The number of benzene rings is 4. The molecule has 4 aromatic carbocycles. The van der Waals surface area contributed by atoms with Gasteiger partial charge >= 0.3 is 0 Å². The Morgan fingerprint density at radius 2 is 1.43 bits per heavy atom. The molecule has 4 rings (SSSR count). The summed E-state index contributed by atoms with van der Waals surface area (Å²) < 4.78 is 30.0. The van der Waals surface area contributed by atoms with Crippen LogP contribution in [0.1, 0.15) is 31.4 Å². The minimum atomic E-state index is -4.22. The molecule has 0 spiro atoms. The molecule has 0 bridgehead atoms. The van der Waals surface area contributed by atoms with E-state index in [1.165, 1.54) is 17.0 Å². The first-order chi connectivity index (χ1) is 21.1. The molecule has 0 saturated carbocycles. The van der Waals surface area contributed by atoms with Crippen molar-refractivity contribution in [2.24, 2.45) is 0 Å². The van der Waals surface area contributed by atoms with Crippen LogP contribution in [0.5, 0.6) is 0 Å². The second-order valence-electron chi connectivity index (χ2n) is 10.4. The third-order valence-electron chi connectivity index (χ3n) is 7.27. The van der Waals surface area contributed by atoms with E-state index in [1.807, 2.05) is 68.4 Å². The van der Waals surface area contributed by atoms with Crippen molar-refractivity contribution in [3.63, 3.8) is 0 Å². The molecule has 4 aromatic rings. The van der Waals surface area contributed by atoms with Gasteiger partial charge in [-0.1, -0.05) is 107 Å². The number of anilines is 1. The van der Waals surface area contributed by atoms with Crippen LogP contribution in [-0.4, -0.2) is 43.8 Å². The molecule has 0 fully saturated rings. The summed E-state index contributed by atoms with van der Waals surface area (Å²) in [7, 11) is -4.22. The number of carbonyl (C=O) groups excluding carboxylic acids is 2. The Balaban J connectivity index is 1.81. The molecule has 2 atom stereocenters. The number of nitrogens with zero attached hydrogens (tertiary/aromatic N) is 2. The highest BCUT2D eigenvalue weighted by Gasteiger charge is 2.35. The molecular weight excluding hydrogens is 662 g/mol. The lowest BCUT2D eigenvalue weighted by molar-refractivity contribution is -0.140. The quantitative estimate of drug-likeness (QED) is 0.166. The van der Waals surface area contributed by atoms with Crippen molar-refractivity contribution in [3.8, 4) is 0 Å². The van der Waals surface area contributed by atoms with Gasteiger partial charge in [-0.25, -0.2) is 8.42 Å². The SMILES string of the molecule is CC[C@@H](C)NC(=O)[C@@H](Cc1ccccc1)N(Cc1ccc(Br)cc1)C(=O)CN(c1ccccc1Cl)S(=O)(=O)c1ccccc1. The Kier molecular flexibility index (Phi) is 11.6. The minimum Gasteiger partial charge on any atom is -0.352 e. The van der Waals surface area contributed by atoms with Crippen LogP contribution in [0.3, 0.4) is 0 Å². The number of halogens is 2. The highest BCUT2D eigenvalue weighted by atomic mass is 79.9. The number of sulfonamides is 1. The summed E-state index contributed by atoms with van der Waals surface area (Å²) >= 11 is 9.96. The van der Waals surface area contributed by atoms with Crippen molar-refractivity contribution >= 4 is 55.1 Å². The molecule has 0 aromatic heterocycles. The zero-order valence-corrected chi connectivity index (χ0v) is 27.7. The summed E-state index contributed by atoms with van der Waals surface area (Å²) in [6, 6.07) is 30.3. The van der Waals surface area contributed by atoms with E-state index < -0.39 is 28.5 Å². The van der Waals surface area contributed by atoms with Crippen LogP contribution in [-0.2, 0) is 32.6 Å². The molecule has 7 nitrogen and oxygen atoms in total. The fourth-order valence-electron chi connectivity index (χ4n) is 4.67. The van der Waals surface area contributed by atoms with E-state index in [0.717, 1.165) is 19.9 Å². The number of hydrogen-bond acceptors (Lipinski definition) is 4. The molecule has 230 valence electrons. The van der Waals surface area contributed by atoms with Crippen LogP contribution >= 0.6 is 27.5 Å². The van der Waals surface area contributed by atoms with Gasteiger partial charge in [0.2, 0.25) is 11.8 Å². The molecule has 0 radical (unpaired) electrons. The molecule has 0 aliphatic carbocycles. The molecular formula is C34H35BrClN3O4S. The second-order valence-corrected chi connectivity index (χ2v) is 13.6. The first-order valence-corrected chi connectivity index (χ1v) is 16.9. The van der Waals surface area contributed by atoms with Gasteiger partial charge in [-0.15, -0.1) is 0 Å². The predicted molar refractivity (Wildman–Crippen MR) is 179 cm³/mol. The molecule has 0 heterocycles. The maximum Gasteiger partial charge on any atom is 0.264 e. The van der Waals surface area contributed by atoms with Gasteiger partial charge in [0.15, 0.2) is 0 Å². The lowest BCUT2D eigenvalue weighted by Crippen LogP contribution is -2.54. The van der Waals surface area contributed by atoms with E-state index in [1.54, 1.807) is 42.5 Å². The zero-order chi connectivity index (χ0) is 31.7. The van der Waals surface area contributed by atoms with E-state index >= 15 is 0 Å². The molecule has 0 unspecified atom stereocenters. The molecule has 1 N–H and O–H groups in total. The van der Waals surface area contributed by atoms with Gasteiger partial charge in [0, 0.05) is 23.5 Å². The Bertz CT molecular complexity index is 1660. The summed E-state index contributed by atoms with van der Waals surface area (Å²) in [4.78, 5) is 29.8. The van der Waals surface area contributed by atoms with Gasteiger partial charge in [-0.2, -0.15) is 0 Å². The molecule has 0 saturated heterocycles. The first kappa shape index (κ1) is 33.2. The van der Waals surface area contributed by atoms with Crippen molar-refractivity contribution in [1.29, 1.82) is 0 Å². The topological polar surface area (TPSA) is 86.8 Å². The van der Waals surface area contributed by atoms with E-state index in [-0.39, 0.29) is 40.5 Å². The maximum atomic E-state index is 14.5. The van der Waals surface area contributed by atoms with Gasteiger partial charge in [0.25, 0.3) is 10.0 Å². The fourth-order valence-corrected chi connectivity index (χ4v) is 6.67. The van der Waals surface area contributed by atoms with E-state index in [4.69, 9.17) is 11.6 Å². The standard InChI is InChI=1S/C34H35BrClN3O4S/c1-3-25(2)37-34(41)32(22-26-12-6-4-7-13-26)38(23-27-18-20-28(35)21-19-27)33(40)24-39(31-17-11-10-16-30(31)36)44(42,43)29-14-8-5-9-15-29/h4-21,25,32H,3,22-24H2,1-2H3,(H,37,41)/t25-,32-/m1/s1. The summed E-state index contributed by atoms with van der Waals surface area (Å²) in [5.41, 5.74) is 1.81.